The number of halogens is 2. The fourth-order valence-electron chi connectivity index (χ4n) is 2.04. The molecule has 0 N–H and O–H groups in total. The minimum Gasteiger partial charge on any atom is -0.489 e. The summed E-state index contributed by atoms with van der Waals surface area (Å²) in [6.07, 6.45) is 0.0289. The molecule has 0 saturated carbocycles. The predicted octanol–water partition coefficient (Wildman–Crippen LogP) is 4.08. The Bertz CT molecular complexity index is 528. The summed E-state index contributed by atoms with van der Waals surface area (Å²) in [5.74, 6) is 0.567. The Kier molecular flexibility index (Phi) is 4.56. The molecule has 1 saturated heterocycles. The maximum Gasteiger partial charge on any atom is 0.496 e. The Labute approximate surface area is 137 Å². The van der Waals surface area contributed by atoms with Crippen molar-refractivity contribution >= 4 is 35.8 Å². The summed E-state index contributed by atoms with van der Waals surface area (Å²) < 4.78 is 17.6. The number of rotatable bonds is 3. The second kappa shape index (κ2) is 5.66. The molecule has 0 unspecified atom stereocenters. The fraction of sp³-hybridized carbons (Fsp3) is 0.600. The zero-order valence-electron chi connectivity index (χ0n) is 13.3. The maximum absolute atomic E-state index is 6.35. The van der Waals surface area contributed by atoms with E-state index in [1.165, 1.54) is 0 Å². The van der Waals surface area contributed by atoms with Crippen LogP contribution in [0.3, 0.4) is 0 Å². The second-order valence-electron chi connectivity index (χ2n) is 6.56. The number of ether oxygens (including phenoxy) is 1. The van der Waals surface area contributed by atoms with E-state index in [4.69, 9.17) is 37.2 Å². The molecule has 0 bridgehead atoms. The van der Waals surface area contributed by atoms with E-state index in [0.717, 1.165) is 5.46 Å². The second-order valence-corrected chi connectivity index (χ2v) is 7.37. The first-order valence-electron chi connectivity index (χ1n) is 7.05. The largest absolute Gasteiger partial charge is 0.496 e. The van der Waals surface area contributed by atoms with Crippen molar-refractivity contribution in [1.29, 1.82) is 0 Å². The van der Waals surface area contributed by atoms with Crippen molar-refractivity contribution in [2.75, 3.05) is 0 Å². The zero-order valence-corrected chi connectivity index (χ0v) is 14.8. The Hall–Kier alpha value is -0.415. The van der Waals surface area contributed by atoms with Crippen LogP contribution >= 0.6 is 23.2 Å². The monoisotopic (exact) mass is 330 g/mol. The van der Waals surface area contributed by atoms with Gasteiger partial charge in [-0.15, -0.1) is 0 Å². The number of hydrogen-bond acceptors (Lipinski definition) is 3. The highest BCUT2D eigenvalue weighted by Crippen LogP contribution is 2.38. The molecular formula is C15H21BCl2O3. The summed E-state index contributed by atoms with van der Waals surface area (Å²) >= 11 is 12.6. The first-order chi connectivity index (χ1) is 9.53. The molecule has 1 fully saturated rings. The lowest BCUT2D eigenvalue weighted by Crippen LogP contribution is -2.41. The Morgan fingerprint density at radius 1 is 1.00 bits per heavy atom. The normalized spacial score (nSPS) is 20.1. The van der Waals surface area contributed by atoms with Gasteiger partial charge in [-0.05, 0) is 53.7 Å². The van der Waals surface area contributed by atoms with E-state index in [0.29, 0.717) is 15.8 Å². The van der Waals surface area contributed by atoms with Crippen LogP contribution in [0.2, 0.25) is 10.0 Å². The average Bonchev–Trinajstić information content (AvgIpc) is 2.52. The lowest BCUT2D eigenvalue weighted by atomic mass is 9.79. The van der Waals surface area contributed by atoms with E-state index in [-0.39, 0.29) is 6.10 Å². The summed E-state index contributed by atoms with van der Waals surface area (Å²) in [7, 11) is -0.534. The smallest absolute Gasteiger partial charge is 0.489 e. The molecule has 21 heavy (non-hydrogen) atoms. The number of hydrogen-bond donors (Lipinski definition) is 0. The van der Waals surface area contributed by atoms with Crippen molar-refractivity contribution in [2.24, 2.45) is 0 Å². The van der Waals surface area contributed by atoms with Gasteiger partial charge in [0.15, 0.2) is 0 Å². The van der Waals surface area contributed by atoms with Gasteiger partial charge in [-0.3, -0.25) is 0 Å². The van der Waals surface area contributed by atoms with Gasteiger partial charge < -0.3 is 14.0 Å². The average molecular weight is 331 g/mol. The highest BCUT2D eigenvalue weighted by molar-refractivity contribution is 6.66. The first-order valence-corrected chi connectivity index (χ1v) is 7.80. The Balaban J connectivity index is 2.32. The van der Waals surface area contributed by atoms with Gasteiger partial charge in [0, 0.05) is 10.5 Å². The molecule has 3 nitrogen and oxygen atoms in total. The number of benzene rings is 1. The van der Waals surface area contributed by atoms with E-state index < -0.39 is 18.3 Å². The van der Waals surface area contributed by atoms with Gasteiger partial charge in [-0.2, -0.15) is 0 Å². The molecule has 1 heterocycles. The third-order valence-corrected chi connectivity index (χ3v) is 4.54. The molecule has 0 spiro atoms. The van der Waals surface area contributed by atoms with Gasteiger partial charge in [0.05, 0.1) is 22.3 Å². The molecule has 1 aliphatic rings. The SMILES string of the molecule is CC(C)Oc1cc(Cl)c(B2OC(C)(C)C(C)(C)O2)cc1Cl. The van der Waals surface area contributed by atoms with E-state index in [1.807, 2.05) is 41.5 Å². The highest BCUT2D eigenvalue weighted by atomic mass is 35.5. The summed E-state index contributed by atoms with van der Waals surface area (Å²) in [6, 6.07) is 3.47. The van der Waals surface area contributed by atoms with Crippen LogP contribution in [0.5, 0.6) is 5.75 Å². The maximum atomic E-state index is 6.35. The van der Waals surface area contributed by atoms with E-state index in [1.54, 1.807) is 12.1 Å². The quantitative estimate of drug-likeness (QED) is 0.781. The van der Waals surface area contributed by atoms with Gasteiger partial charge in [-0.1, -0.05) is 23.2 Å². The van der Waals surface area contributed by atoms with Crippen LogP contribution in [-0.2, 0) is 9.31 Å². The van der Waals surface area contributed by atoms with Crippen LogP contribution in [0.25, 0.3) is 0 Å². The topological polar surface area (TPSA) is 27.7 Å². The van der Waals surface area contributed by atoms with E-state index in [2.05, 4.69) is 0 Å². The van der Waals surface area contributed by atoms with Crippen LogP contribution in [0.15, 0.2) is 12.1 Å². The van der Waals surface area contributed by atoms with Crippen molar-refractivity contribution in [3.05, 3.63) is 22.2 Å². The molecule has 1 aromatic carbocycles. The summed E-state index contributed by atoms with van der Waals surface area (Å²) in [4.78, 5) is 0. The van der Waals surface area contributed by atoms with Gasteiger partial charge >= 0.3 is 7.12 Å². The van der Waals surface area contributed by atoms with Crippen LogP contribution in [0, 0.1) is 0 Å². The van der Waals surface area contributed by atoms with Crippen LogP contribution in [-0.4, -0.2) is 24.4 Å². The third-order valence-electron chi connectivity index (χ3n) is 3.92. The molecule has 2 rings (SSSR count). The molecule has 1 aliphatic heterocycles. The first kappa shape index (κ1) is 16.9. The van der Waals surface area contributed by atoms with Gasteiger partial charge in [0.25, 0.3) is 0 Å². The van der Waals surface area contributed by atoms with Crippen molar-refractivity contribution in [2.45, 2.75) is 58.8 Å². The molecule has 116 valence electrons. The molecule has 0 aliphatic carbocycles. The highest BCUT2D eigenvalue weighted by Gasteiger charge is 2.52. The Morgan fingerprint density at radius 2 is 1.52 bits per heavy atom. The molecule has 1 aromatic rings. The molecule has 0 amide bonds. The van der Waals surface area contributed by atoms with E-state index >= 15 is 0 Å². The predicted molar refractivity (Wildman–Crippen MR) is 87.9 cm³/mol. The van der Waals surface area contributed by atoms with Crippen molar-refractivity contribution < 1.29 is 14.0 Å². The van der Waals surface area contributed by atoms with Crippen molar-refractivity contribution in [3.63, 3.8) is 0 Å². The molecule has 6 heteroatoms. The summed E-state index contributed by atoms with van der Waals surface area (Å²) in [6.45, 7) is 11.9. The fourth-order valence-corrected chi connectivity index (χ4v) is 2.50. The Morgan fingerprint density at radius 3 is 2.00 bits per heavy atom. The molecule has 0 aromatic heterocycles. The van der Waals surface area contributed by atoms with Crippen LogP contribution in [0.1, 0.15) is 41.5 Å². The minimum atomic E-state index is -0.534. The molecule has 0 atom stereocenters. The lowest BCUT2D eigenvalue weighted by Gasteiger charge is -2.32. The van der Waals surface area contributed by atoms with Gasteiger partial charge in [0.2, 0.25) is 0 Å². The van der Waals surface area contributed by atoms with Gasteiger partial charge in [-0.25, -0.2) is 0 Å². The van der Waals surface area contributed by atoms with Crippen molar-refractivity contribution in [1.82, 2.24) is 0 Å². The van der Waals surface area contributed by atoms with Gasteiger partial charge in [0.1, 0.15) is 5.75 Å². The van der Waals surface area contributed by atoms with E-state index in [9.17, 15) is 0 Å². The lowest BCUT2D eigenvalue weighted by molar-refractivity contribution is 0.00578. The zero-order chi connectivity index (χ0) is 16.0. The summed E-state index contributed by atoms with van der Waals surface area (Å²) in [5.41, 5.74) is -0.113. The molecule has 0 radical (unpaired) electrons. The van der Waals surface area contributed by atoms with Crippen LogP contribution in [0.4, 0.5) is 0 Å². The van der Waals surface area contributed by atoms with Crippen molar-refractivity contribution in [3.8, 4) is 5.75 Å². The third kappa shape index (κ3) is 3.34. The summed E-state index contributed by atoms with van der Waals surface area (Å²) in [5, 5.41) is 1.02. The minimum absolute atomic E-state index is 0.0289. The molecular weight excluding hydrogens is 310 g/mol. The standard InChI is InChI=1S/C15H21BCl2O3/c1-9(2)19-13-8-11(17)10(7-12(13)18)16-20-14(3,4)15(5,6)21-16/h7-9H,1-6H3. The van der Waals surface area contributed by atoms with Crippen LogP contribution < -0.4 is 10.2 Å².